The molecule has 5 nitrogen and oxygen atoms in total. The van der Waals surface area contributed by atoms with E-state index in [4.69, 9.17) is 5.73 Å². The van der Waals surface area contributed by atoms with E-state index in [0.717, 1.165) is 10.7 Å². The first-order chi connectivity index (χ1) is 8.72. The van der Waals surface area contributed by atoms with Crippen molar-refractivity contribution in [1.82, 2.24) is 9.55 Å². The normalized spacial score (nSPS) is 12.3. The van der Waals surface area contributed by atoms with Crippen LogP contribution in [-0.2, 0) is 16.1 Å². The zero-order valence-corrected chi connectivity index (χ0v) is 10.9. The predicted molar refractivity (Wildman–Crippen MR) is 70.1 cm³/mol. The Morgan fingerprint density at radius 3 is 3.17 bits per heavy atom. The summed E-state index contributed by atoms with van der Waals surface area (Å²) in [5.74, 6) is 0.523. The van der Waals surface area contributed by atoms with Crippen molar-refractivity contribution >= 4 is 17.3 Å². The van der Waals surface area contributed by atoms with Gasteiger partial charge >= 0.3 is 5.97 Å². The smallest absolute Gasteiger partial charge is 0.322 e. The number of nitrogens with zero attached hydrogens (tertiary/aromatic N) is 2. The quantitative estimate of drug-likeness (QED) is 0.832. The second kappa shape index (κ2) is 5.79. The number of aromatic nitrogens is 2. The highest BCUT2D eigenvalue weighted by Crippen LogP contribution is 2.23. The fraction of sp³-hybridized carbons (Fsp3) is 0.333. The SMILES string of the molecule is COC(=O)C(N)CCn1ccnc1-c1cccs1. The number of ether oxygens (including phenoxy) is 1. The van der Waals surface area contributed by atoms with Crippen LogP contribution in [0.4, 0.5) is 0 Å². The van der Waals surface area contributed by atoms with E-state index in [-0.39, 0.29) is 5.97 Å². The summed E-state index contributed by atoms with van der Waals surface area (Å²) >= 11 is 1.63. The van der Waals surface area contributed by atoms with Crippen molar-refractivity contribution in [2.75, 3.05) is 7.11 Å². The van der Waals surface area contributed by atoms with Crippen LogP contribution in [0, 0.1) is 0 Å². The van der Waals surface area contributed by atoms with Crippen LogP contribution in [-0.4, -0.2) is 28.7 Å². The van der Waals surface area contributed by atoms with Gasteiger partial charge in [-0.2, -0.15) is 0 Å². The van der Waals surface area contributed by atoms with Crippen LogP contribution in [0.3, 0.4) is 0 Å². The van der Waals surface area contributed by atoms with Gasteiger partial charge in [-0.15, -0.1) is 11.3 Å². The number of carbonyl (C=O) groups is 1. The summed E-state index contributed by atoms with van der Waals surface area (Å²) in [6, 6.07) is 3.41. The minimum absolute atomic E-state index is 0.382. The van der Waals surface area contributed by atoms with Crippen molar-refractivity contribution in [3.8, 4) is 10.7 Å². The molecule has 18 heavy (non-hydrogen) atoms. The molecule has 2 N–H and O–H groups in total. The monoisotopic (exact) mass is 265 g/mol. The third kappa shape index (κ3) is 2.77. The van der Waals surface area contributed by atoms with E-state index in [1.807, 2.05) is 28.3 Å². The summed E-state index contributed by atoms with van der Waals surface area (Å²) in [5.41, 5.74) is 5.71. The number of hydrogen-bond acceptors (Lipinski definition) is 5. The van der Waals surface area contributed by atoms with Gasteiger partial charge < -0.3 is 15.0 Å². The van der Waals surface area contributed by atoms with Crippen molar-refractivity contribution in [3.63, 3.8) is 0 Å². The molecule has 0 aliphatic rings. The van der Waals surface area contributed by atoms with Gasteiger partial charge in [-0.05, 0) is 17.9 Å². The molecule has 2 aromatic heterocycles. The lowest BCUT2D eigenvalue weighted by Crippen LogP contribution is -2.32. The highest BCUT2D eigenvalue weighted by molar-refractivity contribution is 7.13. The van der Waals surface area contributed by atoms with E-state index in [0.29, 0.717) is 13.0 Å². The van der Waals surface area contributed by atoms with Crippen LogP contribution in [0.15, 0.2) is 29.9 Å². The third-order valence-corrected chi connectivity index (χ3v) is 3.51. The molecular formula is C12H15N3O2S. The molecule has 2 heterocycles. The molecule has 0 radical (unpaired) electrons. The maximum Gasteiger partial charge on any atom is 0.322 e. The Morgan fingerprint density at radius 1 is 1.67 bits per heavy atom. The van der Waals surface area contributed by atoms with Gasteiger partial charge in [0.15, 0.2) is 0 Å². The maximum absolute atomic E-state index is 11.2. The van der Waals surface area contributed by atoms with E-state index in [1.54, 1.807) is 17.5 Å². The molecule has 6 heteroatoms. The summed E-state index contributed by atoms with van der Waals surface area (Å²) in [6.07, 6.45) is 4.17. The molecule has 0 aliphatic heterocycles. The average Bonchev–Trinajstić information content (AvgIpc) is 3.04. The lowest BCUT2D eigenvalue weighted by molar-refractivity contribution is -0.142. The molecule has 0 aromatic carbocycles. The number of aryl methyl sites for hydroxylation is 1. The van der Waals surface area contributed by atoms with Crippen molar-refractivity contribution in [1.29, 1.82) is 0 Å². The predicted octanol–water partition coefficient (Wildman–Crippen LogP) is 1.50. The Labute approximate surface area is 109 Å². The van der Waals surface area contributed by atoms with E-state index < -0.39 is 6.04 Å². The lowest BCUT2D eigenvalue weighted by Gasteiger charge is -2.11. The average molecular weight is 265 g/mol. The van der Waals surface area contributed by atoms with Gasteiger partial charge in [0.05, 0.1) is 12.0 Å². The molecule has 1 atom stereocenters. The summed E-state index contributed by atoms with van der Waals surface area (Å²) in [7, 11) is 1.34. The van der Waals surface area contributed by atoms with E-state index in [1.165, 1.54) is 7.11 Å². The number of nitrogens with two attached hydrogens (primary N) is 1. The van der Waals surface area contributed by atoms with Crippen LogP contribution in [0.25, 0.3) is 10.7 Å². The second-order valence-electron chi connectivity index (χ2n) is 3.84. The van der Waals surface area contributed by atoms with Crippen LogP contribution in [0.2, 0.25) is 0 Å². The van der Waals surface area contributed by atoms with Gasteiger partial charge in [-0.3, -0.25) is 4.79 Å². The Morgan fingerprint density at radius 2 is 2.50 bits per heavy atom. The zero-order valence-electron chi connectivity index (χ0n) is 10.1. The highest BCUT2D eigenvalue weighted by atomic mass is 32.1. The molecule has 0 spiro atoms. The van der Waals surface area contributed by atoms with Crippen molar-refractivity contribution in [2.24, 2.45) is 5.73 Å². The number of imidazole rings is 1. The maximum atomic E-state index is 11.2. The number of thiophene rings is 1. The fourth-order valence-corrected chi connectivity index (χ4v) is 2.40. The van der Waals surface area contributed by atoms with Gasteiger partial charge in [0, 0.05) is 18.9 Å². The largest absolute Gasteiger partial charge is 0.468 e. The molecule has 0 saturated carbocycles. The summed E-state index contributed by atoms with van der Waals surface area (Å²) in [6.45, 7) is 0.642. The number of esters is 1. The molecule has 0 bridgehead atoms. The molecule has 0 saturated heterocycles. The van der Waals surface area contributed by atoms with Crippen molar-refractivity contribution < 1.29 is 9.53 Å². The number of carbonyl (C=O) groups excluding carboxylic acids is 1. The standard InChI is InChI=1S/C12H15N3O2S/c1-17-12(16)9(13)4-6-15-7-5-14-11(15)10-3-2-8-18-10/h2-3,5,7-9H,4,6,13H2,1H3. The number of hydrogen-bond donors (Lipinski definition) is 1. The Balaban J connectivity index is 2.03. The second-order valence-corrected chi connectivity index (χ2v) is 4.79. The van der Waals surface area contributed by atoms with Crippen LogP contribution >= 0.6 is 11.3 Å². The molecule has 2 aromatic rings. The van der Waals surface area contributed by atoms with Gasteiger partial charge in [-0.1, -0.05) is 6.07 Å². The third-order valence-electron chi connectivity index (χ3n) is 2.64. The van der Waals surface area contributed by atoms with E-state index in [2.05, 4.69) is 9.72 Å². The van der Waals surface area contributed by atoms with Crippen LogP contribution in [0.5, 0.6) is 0 Å². The lowest BCUT2D eigenvalue weighted by atomic mass is 10.2. The fourth-order valence-electron chi connectivity index (χ4n) is 1.67. The first kappa shape index (κ1) is 12.8. The van der Waals surface area contributed by atoms with Gasteiger partial charge in [-0.25, -0.2) is 4.98 Å². The summed E-state index contributed by atoms with van der Waals surface area (Å²) in [4.78, 5) is 16.6. The zero-order chi connectivity index (χ0) is 13.0. The van der Waals surface area contributed by atoms with Crippen LogP contribution < -0.4 is 5.73 Å². The van der Waals surface area contributed by atoms with Gasteiger partial charge in [0.2, 0.25) is 0 Å². The summed E-state index contributed by atoms with van der Waals surface area (Å²) < 4.78 is 6.59. The number of rotatable bonds is 5. The van der Waals surface area contributed by atoms with Gasteiger partial charge in [0.25, 0.3) is 0 Å². The Kier molecular flexibility index (Phi) is 4.11. The van der Waals surface area contributed by atoms with E-state index in [9.17, 15) is 4.79 Å². The minimum atomic E-state index is -0.589. The van der Waals surface area contributed by atoms with E-state index >= 15 is 0 Å². The molecule has 0 fully saturated rings. The molecule has 1 unspecified atom stereocenters. The molecule has 2 rings (SSSR count). The first-order valence-corrected chi connectivity index (χ1v) is 6.48. The van der Waals surface area contributed by atoms with Crippen LogP contribution in [0.1, 0.15) is 6.42 Å². The van der Waals surface area contributed by atoms with Gasteiger partial charge in [0.1, 0.15) is 11.9 Å². The first-order valence-electron chi connectivity index (χ1n) is 5.61. The van der Waals surface area contributed by atoms with Crippen molar-refractivity contribution in [2.45, 2.75) is 19.0 Å². The highest BCUT2D eigenvalue weighted by Gasteiger charge is 2.14. The Hall–Kier alpha value is -1.66. The molecule has 0 amide bonds. The topological polar surface area (TPSA) is 70.1 Å². The molecular weight excluding hydrogens is 250 g/mol. The van der Waals surface area contributed by atoms with Crippen molar-refractivity contribution in [3.05, 3.63) is 29.9 Å². The molecule has 0 aliphatic carbocycles. The number of methoxy groups -OCH3 is 1. The minimum Gasteiger partial charge on any atom is -0.468 e. The molecule has 96 valence electrons. The Bertz CT molecular complexity index is 507. The summed E-state index contributed by atoms with van der Waals surface area (Å²) in [5, 5.41) is 2.01.